The van der Waals surface area contributed by atoms with Gasteiger partial charge in [0.15, 0.2) is 5.82 Å². The van der Waals surface area contributed by atoms with Crippen molar-refractivity contribution in [3.8, 4) is 10.6 Å². The number of thiophene rings is 1. The second-order valence-electron chi connectivity index (χ2n) is 9.25. The van der Waals surface area contributed by atoms with Crippen LogP contribution < -0.4 is 5.32 Å². The Bertz CT molecular complexity index is 1310. The molecular weight excluding hydrogens is 491 g/mol. The van der Waals surface area contributed by atoms with E-state index < -0.39 is 11.4 Å². The van der Waals surface area contributed by atoms with Gasteiger partial charge in [-0.1, -0.05) is 23.7 Å². The number of halogens is 2. The summed E-state index contributed by atoms with van der Waals surface area (Å²) in [4.78, 5) is 25.4. The van der Waals surface area contributed by atoms with Crippen LogP contribution in [-0.4, -0.2) is 53.2 Å². The minimum Gasteiger partial charge on any atom is -0.381 e. The van der Waals surface area contributed by atoms with Gasteiger partial charge in [-0.15, -0.1) is 11.3 Å². The lowest BCUT2D eigenvalue weighted by Gasteiger charge is -2.45. The van der Waals surface area contributed by atoms with Crippen LogP contribution in [-0.2, 0) is 21.6 Å². The zero-order valence-corrected chi connectivity index (χ0v) is 20.7. The molecule has 5 heterocycles. The van der Waals surface area contributed by atoms with Crippen LogP contribution in [0.1, 0.15) is 39.2 Å². The molecular formula is C25H24ClFN4O3S. The molecule has 0 aliphatic carbocycles. The molecule has 182 valence electrons. The summed E-state index contributed by atoms with van der Waals surface area (Å²) in [5.41, 5.74) is 1.62. The number of rotatable bonds is 5. The van der Waals surface area contributed by atoms with Crippen molar-refractivity contribution in [3.63, 3.8) is 0 Å². The van der Waals surface area contributed by atoms with E-state index in [0.717, 1.165) is 24.0 Å². The monoisotopic (exact) mass is 514 g/mol. The fourth-order valence-corrected chi connectivity index (χ4v) is 6.53. The first-order valence-corrected chi connectivity index (χ1v) is 12.8. The molecule has 35 heavy (non-hydrogen) atoms. The molecule has 7 nitrogen and oxygen atoms in total. The number of nitrogens with zero attached hydrogens (tertiary/aromatic N) is 3. The maximum Gasteiger partial charge on any atom is 0.259 e. The summed E-state index contributed by atoms with van der Waals surface area (Å²) in [5, 5.41) is 3.95. The predicted molar refractivity (Wildman–Crippen MR) is 131 cm³/mol. The standard InChI is InChI=1S/C25H24ClFN4O3S/c1-14-10-28-24(29-17-5-7-33-8-6-17)30-20(14)21-19(27)18-22(35-21)25(12-34-13-25)31(23(18)32)11-15-3-2-4-16(26)9-15/h2-4,9-10,17H,5-8,11-13H2,1H3,(H,28,29,30). The fraction of sp³-hybridized carbons (Fsp3) is 0.400. The van der Waals surface area contributed by atoms with Crippen LogP contribution in [0.15, 0.2) is 30.5 Å². The van der Waals surface area contributed by atoms with E-state index in [1.807, 2.05) is 25.1 Å². The summed E-state index contributed by atoms with van der Waals surface area (Å²) in [6, 6.07) is 7.59. The van der Waals surface area contributed by atoms with Crippen molar-refractivity contribution in [2.24, 2.45) is 0 Å². The summed E-state index contributed by atoms with van der Waals surface area (Å²) in [6.07, 6.45) is 3.44. The van der Waals surface area contributed by atoms with Crippen molar-refractivity contribution in [1.29, 1.82) is 0 Å². The number of hydrogen-bond acceptors (Lipinski definition) is 7. The van der Waals surface area contributed by atoms with Gasteiger partial charge in [0.05, 0.1) is 34.2 Å². The first-order valence-electron chi connectivity index (χ1n) is 11.6. The maximum atomic E-state index is 15.9. The minimum absolute atomic E-state index is 0.132. The summed E-state index contributed by atoms with van der Waals surface area (Å²) >= 11 is 7.44. The summed E-state index contributed by atoms with van der Waals surface area (Å²) in [5.74, 6) is -0.384. The number of aryl methyl sites for hydroxylation is 1. The third-order valence-electron chi connectivity index (χ3n) is 6.90. The Balaban J connectivity index is 1.35. The van der Waals surface area contributed by atoms with Gasteiger partial charge in [0.1, 0.15) is 5.54 Å². The van der Waals surface area contributed by atoms with Gasteiger partial charge in [-0.05, 0) is 43.0 Å². The van der Waals surface area contributed by atoms with Gasteiger partial charge in [0, 0.05) is 37.0 Å². The van der Waals surface area contributed by atoms with Gasteiger partial charge in [-0.2, -0.15) is 0 Å². The molecule has 3 aromatic rings. The van der Waals surface area contributed by atoms with Gasteiger partial charge >= 0.3 is 0 Å². The Kier molecular flexibility index (Phi) is 5.75. The van der Waals surface area contributed by atoms with E-state index in [-0.39, 0.29) is 17.5 Å². The molecule has 1 amide bonds. The number of ether oxygens (including phenoxy) is 2. The van der Waals surface area contributed by atoms with E-state index in [0.29, 0.717) is 59.4 Å². The van der Waals surface area contributed by atoms with Crippen LogP contribution in [0.3, 0.4) is 0 Å². The molecule has 0 bridgehead atoms. The highest BCUT2D eigenvalue weighted by Crippen LogP contribution is 2.52. The van der Waals surface area contributed by atoms with Crippen molar-refractivity contribution < 1.29 is 18.7 Å². The third kappa shape index (κ3) is 3.81. The molecule has 1 spiro atoms. The van der Waals surface area contributed by atoms with E-state index in [9.17, 15) is 4.79 Å². The van der Waals surface area contributed by atoms with E-state index in [1.165, 1.54) is 11.3 Å². The van der Waals surface area contributed by atoms with Crippen LogP contribution in [0.5, 0.6) is 0 Å². The molecule has 2 fully saturated rings. The molecule has 0 saturated carbocycles. The molecule has 1 aromatic carbocycles. The lowest BCUT2D eigenvalue weighted by molar-refractivity contribution is -0.126. The molecule has 1 N–H and O–H groups in total. The van der Waals surface area contributed by atoms with Crippen LogP contribution in [0.2, 0.25) is 5.02 Å². The van der Waals surface area contributed by atoms with Crippen LogP contribution in [0.4, 0.5) is 10.3 Å². The molecule has 0 atom stereocenters. The SMILES string of the molecule is Cc1cnc(NC2CCOCC2)nc1-c1sc2c(c1F)C(=O)N(Cc1cccc(Cl)c1)C21COC1. The number of aromatic nitrogens is 2. The maximum absolute atomic E-state index is 15.9. The van der Waals surface area contributed by atoms with E-state index in [4.69, 9.17) is 21.1 Å². The Morgan fingerprint density at radius 1 is 1.29 bits per heavy atom. The number of hydrogen-bond donors (Lipinski definition) is 1. The largest absolute Gasteiger partial charge is 0.381 e. The number of carbonyl (C=O) groups excluding carboxylic acids is 1. The second kappa shape index (κ2) is 8.81. The number of amides is 1. The highest BCUT2D eigenvalue weighted by Gasteiger charge is 2.57. The highest BCUT2D eigenvalue weighted by atomic mass is 35.5. The van der Waals surface area contributed by atoms with Crippen LogP contribution >= 0.6 is 22.9 Å². The van der Waals surface area contributed by atoms with E-state index in [1.54, 1.807) is 17.2 Å². The quantitative estimate of drug-likeness (QED) is 0.528. The van der Waals surface area contributed by atoms with Gasteiger partial charge < -0.3 is 19.7 Å². The summed E-state index contributed by atoms with van der Waals surface area (Å²) < 4.78 is 26.9. The molecule has 6 rings (SSSR count). The van der Waals surface area contributed by atoms with E-state index >= 15 is 4.39 Å². The van der Waals surface area contributed by atoms with Crippen molar-refractivity contribution in [2.45, 2.75) is 37.9 Å². The Morgan fingerprint density at radius 3 is 2.80 bits per heavy atom. The van der Waals surface area contributed by atoms with Crippen molar-refractivity contribution >= 4 is 34.8 Å². The Morgan fingerprint density at radius 2 is 2.09 bits per heavy atom. The first kappa shape index (κ1) is 22.8. The fourth-order valence-electron chi connectivity index (χ4n) is 4.92. The van der Waals surface area contributed by atoms with E-state index in [2.05, 4.69) is 15.3 Å². The highest BCUT2D eigenvalue weighted by molar-refractivity contribution is 7.16. The number of benzene rings is 1. The van der Waals surface area contributed by atoms with Gasteiger partial charge in [-0.3, -0.25) is 4.79 Å². The van der Waals surface area contributed by atoms with Gasteiger partial charge in [-0.25, -0.2) is 14.4 Å². The number of nitrogens with one attached hydrogen (secondary N) is 1. The Hall–Kier alpha value is -2.59. The molecule has 0 unspecified atom stereocenters. The number of anilines is 1. The van der Waals surface area contributed by atoms with Crippen LogP contribution in [0, 0.1) is 12.7 Å². The summed E-state index contributed by atoms with van der Waals surface area (Å²) in [7, 11) is 0. The lowest BCUT2D eigenvalue weighted by atomic mass is 9.94. The number of fused-ring (bicyclic) bond motifs is 2. The molecule has 0 radical (unpaired) electrons. The second-order valence-corrected chi connectivity index (χ2v) is 10.7. The molecule has 3 aliphatic heterocycles. The molecule has 3 aliphatic rings. The molecule has 10 heteroatoms. The Labute approximate surface area is 211 Å². The normalized spacial score (nSPS) is 19.2. The number of carbonyl (C=O) groups is 1. The average molecular weight is 515 g/mol. The average Bonchev–Trinajstić information content (AvgIpc) is 3.28. The van der Waals surface area contributed by atoms with Gasteiger partial charge in [0.2, 0.25) is 5.95 Å². The predicted octanol–water partition coefficient (Wildman–Crippen LogP) is 4.78. The zero-order valence-electron chi connectivity index (χ0n) is 19.1. The van der Waals surface area contributed by atoms with Gasteiger partial charge in [0.25, 0.3) is 5.91 Å². The summed E-state index contributed by atoms with van der Waals surface area (Å²) in [6.45, 7) is 4.26. The smallest absolute Gasteiger partial charge is 0.259 e. The zero-order chi connectivity index (χ0) is 24.2. The van der Waals surface area contributed by atoms with Crippen molar-refractivity contribution in [1.82, 2.24) is 14.9 Å². The minimum atomic E-state index is -0.664. The lowest BCUT2D eigenvalue weighted by Crippen LogP contribution is -2.56. The third-order valence-corrected chi connectivity index (χ3v) is 8.50. The van der Waals surface area contributed by atoms with Crippen molar-refractivity contribution in [2.75, 3.05) is 31.7 Å². The van der Waals surface area contributed by atoms with Crippen LogP contribution in [0.25, 0.3) is 10.6 Å². The molecule has 2 saturated heterocycles. The first-order chi connectivity index (χ1) is 17.0. The van der Waals surface area contributed by atoms with Crippen molar-refractivity contribution in [3.05, 3.63) is 62.9 Å². The molecule has 2 aromatic heterocycles. The topological polar surface area (TPSA) is 76.6 Å².